The lowest BCUT2D eigenvalue weighted by atomic mass is 10.2. The Morgan fingerprint density at radius 3 is 2.64 bits per heavy atom. The minimum atomic E-state index is -0.472. The molecule has 1 unspecified atom stereocenters. The van der Waals surface area contributed by atoms with Gasteiger partial charge in [0.1, 0.15) is 4.88 Å². The number of ketones is 1. The molecule has 0 aliphatic rings. The highest BCUT2D eigenvalue weighted by Gasteiger charge is 2.16. The summed E-state index contributed by atoms with van der Waals surface area (Å²) in [5.74, 6) is -0.376. The number of carbonyl (C=O) groups is 2. The van der Waals surface area contributed by atoms with E-state index < -0.39 is 6.04 Å². The van der Waals surface area contributed by atoms with Crippen molar-refractivity contribution in [3.05, 3.63) is 21.3 Å². The van der Waals surface area contributed by atoms with E-state index in [1.54, 1.807) is 18.4 Å². The van der Waals surface area contributed by atoms with Gasteiger partial charge in [0, 0.05) is 0 Å². The predicted octanol–water partition coefficient (Wildman–Crippen LogP) is 2.11. The predicted molar refractivity (Wildman–Crippen MR) is 56.9 cm³/mol. The average Bonchev–Trinajstić information content (AvgIpc) is 2.51. The molecule has 0 aliphatic heterocycles. The van der Waals surface area contributed by atoms with Gasteiger partial charge in [-0.3, -0.25) is 9.59 Å². The lowest BCUT2D eigenvalue weighted by Crippen LogP contribution is -2.36. The van der Waals surface area contributed by atoms with E-state index in [1.165, 1.54) is 18.3 Å². The standard InChI is InChI=1S/C9H10ClNO2S/c1-5(6(2)12)11-9(13)8-7(10)3-4-14-8/h3-5H,1-2H3,(H,11,13). The van der Waals surface area contributed by atoms with Crippen LogP contribution in [0.15, 0.2) is 11.4 Å². The second kappa shape index (κ2) is 4.57. The van der Waals surface area contributed by atoms with E-state index in [4.69, 9.17) is 11.6 Å². The smallest absolute Gasteiger partial charge is 0.263 e. The summed E-state index contributed by atoms with van der Waals surface area (Å²) in [6.45, 7) is 3.07. The zero-order chi connectivity index (χ0) is 10.7. The van der Waals surface area contributed by atoms with Crippen LogP contribution in [-0.4, -0.2) is 17.7 Å². The van der Waals surface area contributed by atoms with Crippen LogP contribution in [0.5, 0.6) is 0 Å². The van der Waals surface area contributed by atoms with Gasteiger partial charge in [-0.1, -0.05) is 11.6 Å². The molecular weight excluding hydrogens is 222 g/mol. The SMILES string of the molecule is CC(=O)C(C)NC(=O)c1sccc1Cl. The fourth-order valence-electron chi connectivity index (χ4n) is 0.820. The Bertz CT molecular complexity index is 361. The molecule has 0 spiro atoms. The second-order valence-electron chi connectivity index (χ2n) is 2.90. The number of halogens is 1. The number of hydrogen-bond acceptors (Lipinski definition) is 3. The minimum absolute atomic E-state index is 0.0778. The van der Waals surface area contributed by atoms with Crippen LogP contribution < -0.4 is 5.32 Å². The van der Waals surface area contributed by atoms with Gasteiger partial charge >= 0.3 is 0 Å². The van der Waals surface area contributed by atoms with E-state index in [9.17, 15) is 9.59 Å². The van der Waals surface area contributed by atoms with E-state index in [0.717, 1.165) is 0 Å². The van der Waals surface area contributed by atoms with Crippen molar-refractivity contribution >= 4 is 34.6 Å². The molecular formula is C9H10ClNO2S. The molecule has 0 saturated carbocycles. The Hall–Kier alpha value is -0.870. The minimum Gasteiger partial charge on any atom is -0.342 e. The third-order valence-electron chi connectivity index (χ3n) is 1.78. The monoisotopic (exact) mass is 231 g/mol. The van der Waals surface area contributed by atoms with Crippen molar-refractivity contribution < 1.29 is 9.59 Å². The van der Waals surface area contributed by atoms with Crippen molar-refractivity contribution in [2.75, 3.05) is 0 Å². The van der Waals surface area contributed by atoms with Gasteiger partial charge in [0.05, 0.1) is 11.1 Å². The van der Waals surface area contributed by atoms with Crippen molar-refractivity contribution in [3.8, 4) is 0 Å². The van der Waals surface area contributed by atoms with E-state index in [0.29, 0.717) is 9.90 Å². The highest BCUT2D eigenvalue weighted by atomic mass is 35.5. The van der Waals surface area contributed by atoms with Crippen LogP contribution >= 0.6 is 22.9 Å². The lowest BCUT2D eigenvalue weighted by Gasteiger charge is -2.09. The summed E-state index contributed by atoms with van der Waals surface area (Å²) >= 11 is 7.02. The van der Waals surface area contributed by atoms with Gasteiger partial charge in [-0.05, 0) is 25.3 Å². The van der Waals surface area contributed by atoms with Crippen LogP contribution in [0.25, 0.3) is 0 Å². The largest absolute Gasteiger partial charge is 0.342 e. The van der Waals surface area contributed by atoms with Crippen LogP contribution in [0.1, 0.15) is 23.5 Å². The molecule has 0 aromatic carbocycles. The molecule has 1 rings (SSSR count). The number of Topliss-reactive ketones (excluding diaryl/α,β-unsaturated/α-hetero) is 1. The van der Waals surface area contributed by atoms with Gasteiger partial charge < -0.3 is 5.32 Å². The number of rotatable bonds is 3. The van der Waals surface area contributed by atoms with Crippen molar-refractivity contribution in [1.82, 2.24) is 5.32 Å². The van der Waals surface area contributed by atoms with Gasteiger partial charge in [0.2, 0.25) is 0 Å². The molecule has 3 nitrogen and oxygen atoms in total. The normalized spacial score (nSPS) is 12.2. The van der Waals surface area contributed by atoms with Crippen molar-refractivity contribution in [3.63, 3.8) is 0 Å². The molecule has 1 aromatic rings. The van der Waals surface area contributed by atoms with Gasteiger partial charge in [-0.2, -0.15) is 0 Å². The Morgan fingerprint density at radius 1 is 1.57 bits per heavy atom. The van der Waals surface area contributed by atoms with Crippen LogP contribution in [0.4, 0.5) is 0 Å². The van der Waals surface area contributed by atoms with Gasteiger partial charge in [0.15, 0.2) is 5.78 Å². The molecule has 1 N–H and O–H groups in total. The summed E-state index contributed by atoms with van der Waals surface area (Å²) in [7, 11) is 0. The number of nitrogens with one attached hydrogen (secondary N) is 1. The molecule has 1 atom stereocenters. The first-order valence-electron chi connectivity index (χ1n) is 4.06. The maximum Gasteiger partial charge on any atom is 0.263 e. The molecule has 0 saturated heterocycles. The molecule has 1 amide bonds. The average molecular weight is 232 g/mol. The fraction of sp³-hybridized carbons (Fsp3) is 0.333. The number of carbonyl (C=O) groups excluding carboxylic acids is 2. The third-order valence-corrected chi connectivity index (χ3v) is 3.12. The zero-order valence-corrected chi connectivity index (χ0v) is 9.41. The first-order valence-corrected chi connectivity index (χ1v) is 5.32. The summed E-state index contributed by atoms with van der Waals surface area (Å²) in [5.41, 5.74) is 0. The van der Waals surface area contributed by atoms with Crippen LogP contribution in [0.2, 0.25) is 5.02 Å². The molecule has 5 heteroatoms. The Morgan fingerprint density at radius 2 is 2.21 bits per heavy atom. The van der Waals surface area contributed by atoms with Gasteiger partial charge in [-0.15, -0.1) is 11.3 Å². The van der Waals surface area contributed by atoms with Crippen LogP contribution in [-0.2, 0) is 4.79 Å². The number of hydrogen-bond donors (Lipinski definition) is 1. The van der Waals surface area contributed by atoms with Crippen molar-refractivity contribution in [2.24, 2.45) is 0 Å². The highest BCUT2D eigenvalue weighted by Crippen LogP contribution is 2.21. The van der Waals surface area contributed by atoms with Crippen LogP contribution in [0.3, 0.4) is 0 Å². The lowest BCUT2D eigenvalue weighted by molar-refractivity contribution is -0.118. The van der Waals surface area contributed by atoms with E-state index in [-0.39, 0.29) is 11.7 Å². The number of thiophene rings is 1. The van der Waals surface area contributed by atoms with Crippen molar-refractivity contribution in [2.45, 2.75) is 19.9 Å². The Labute approximate surface area is 91.1 Å². The van der Waals surface area contributed by atoms with Crippen molar-refractivity contribution in [1.29, 1.82) is 0 Å². The molecule has 14 heavy (non-hydrogen) atoms. The molecule has 1 heterocycles. The van der Waals surface area contributed by atoms with Crippen LogP contribution in [0, 0.1) is 0 Å². The summed E-state index contributed by atoms with van der Waals surface area (Å²) in [5, 5.41) is 4.71. The molecule has 0 fully saturated rings. The zero-order valence-electron chi connectivity index (χ0n) is 7.83. The van der Waals surface area contributed by atoms with E-state index in [1.807, 2.05) is 0 Å². The maximum absolute atomic E-state index is 11.5. The number of amides is 1. The molecule has 0 radical (unpaired) electrons. The molecule has 0 aliphatic carbocycles. The van der Waals surface area contributed by atoms with E-state index >= 15 is 0 Å². The summed E-state index contributed by atoms with van der Waals surface area (Å²) < 4.78 is 0. The molecule has 0 bridgehead atoms. The summed E-state index contributed by atoms with van der Waals surface area (Å²) in [4.78, 5) is 22.8. The second-order valence-corrected chi connectivity index (χ2v) is 4.23. The van der Waals surface area contributed by atoms with Gasteiger partial charge in [0.25, 0.3) is 5.91 Å². The first kappa shape index (κ1) is 11.2. The Kier molecular flexibility index (Phi) is 3.66. The highest BCUT2D eigenvalue weighted by molar-refractivity contribution is 7.12. The topological polar surface area (TPSA) is 46.2 Å². The Balaban J connectivity index is 2.69. The van der Waals surface area contributed by atoms with Gasteiger partial charge in [-0.25, -0.2) is 0 Å². The molecule has 1 aromatic heterocycles. The quantitative estimate of drug-likeness (QED) is 0.866. The third kappa shape index (κ3) is 2.56. The molecule has 76 valence electrons. The summed E-state index contributed by atoms with van der Waals surface area (Å²) in [6, 6.07) is 1.18. The summed E-state index contributed by atoms with van der Waals surface area (Å²) in [6.07, 6.45) is 0. The first-order chi connectivity index (χ1) is 6.52. The maximum atomic E-state index is 11.5. The van der Waals surface area contributed by atoms with E-state index in [2.05, 4.69) is 5.32 Å². The fourth-order valence-corrected chi connectivity index (χ4v) is 1.86.